The van der Waals surface area contributed by atoms with Crippen molar-refractivity contribution in [1.82, 2.24) is 4.90 Å². The first kappa shape index (κ1) is 20.9. The number of benzene rings is 1. The fourth-order valence-corrected chi connectivity index (χ4v) is 2.99. The van der Waals surface area contributed by atoms with Crippen LogP contribution in [-0.4, -0.2) is 43.2 Å². The number of hydrogen-bond acceptors (Lipinski definition) is 3. The van der Waals surface area contributed by atoms with Crippen molar-refractivity contribution in [2.24, 2.45) is 11.7 Å². The third-order valence-corrected chi connectivity index (χ3v) is 4.31. The number of carbonyl (C=O) groups excluding carboxylic acids is 1. The minimum absolute atomic E-state index is 0. The number of carbonyl (C=O) groups is 1. The molecule has 136 valence electrons. The molecule has 0 spiro atoms. The molecule has 2 N–H and O–H groups in total. The fourth-order valence-electron chi connectivity index (χ4n) is 2.99. The number of piperidine rings is 1. The first-order valence-corrected chi connectivity index (χ1v) is 8.45. The molecule has 1 aliphatic rings. The van der Waals surface area contributed by atoms with Crippen LogP contribution >= 0.6 is 12.4 Å². The first-order chi connectivity index (χ1) is 11.1. The first-order valence-electron chi connectivity index (χ1n) is 8.45. The summed E-state index contributed by atoms with van der Waals surface area (Å²) in [5.41, 5.74) is 6.32. The summed E-state index contributed by atoms with van der Waals surface area (Å²) in [6.45, 7) is 4.73. The molecule has 0 saturated carbocycles. The predicted octanol–water partition coefficient (Wildman–Crippen LogP) is 2.78. The van der Waals surface area contributed by atoms with Gasteiger partial charge in [0.05, 0.1) is 6.10 Å². The summed E-state index contributed by atoms with van der Waals surface area (Å²) < 4.78 is 19.0. The van der Waals surface area contributed by atoms with Gasteiger partial charge in [-0.25, -0.2) is 4.39 Å². The van der Waals surface area contributed by atoms with Crippen molar-refractivity contribution in [1.29, 1.82) is 0 Å². The number of nitrogens with zero attached hydrogens (tertiary/aromatic N) is 1. The highest BCUT2D eigenvalue weighted by Gasteiger charge is 2.26. The van der Waals surface area contributed by atoms with E-state index in [-0.39, 0.29) is 36.2 Å². The zero-order chi connectivity index (χ0) is 16.7. The van der Waals surface area contributed by atoms with Crippen LogP contribution in [0.25, 0.3) is 0 Å². The summed E-state index contributed by atoms with van der Waals surface area (Å²) >= 11 is 0. The van der Waals surface area contributed by atoms with Crippen molar-refractivity contribution < 1.29 is 13.9 Å². The normalized spacial score (nSPS) is 16.5. The fraction of sp³-hybridized carbons (Fsp3) is 0.611. The number of likely N-dealkylation sites (tertiary alicyclic amines) is 1. The quantitative estimate of drug-likeness (QED) is 0.762. The van der Waals surface area contributed by atoms with Gasteiger partial charge in [-0.05, 0) is 49.9 Å². The Morgan fingerprint density at radius 2 is 2.12 bits per heavy atom. The van der Waals surface area contributed by atoms with E-state index in [1.165, 1.54) is 12.1 Å². The number of halogens is 2. The van der Waals surface area contributed by atoms with E-state index in [2.05, 4.69) is 0 Å². The molecule has 1 amide bonds. The Bertz CT molecular complexity index is 508. The summed E-state index contributed by atoms with van der Waals surface area (Å²) in [6.07, 6.45) is 3.45. The van der Waals surface area contributed by atoms with Gasteiger partial charge in [-0.2, -0.15) is 0 Å². The molecule has 1 saturated heterocycles. The van der Waals surface area contributed by atoms with Crippen LogP contribution in [0.3, 0.4) is 0 Å². The molecule has 1 fully saturated rings. The summed E-state index contributed by atoms with van der Waals surface area (Å²) in [6, 6.07) is 6.48. The minimum atomic E-state index is -0.252. The molecule has 1 aromatic rings. The van der Waals surface area contributed by atoms with E-state index in [1.54, 1.807) is 6.07 Å². The minimum Gasteiger partial charge on any atom is -0.378 e. The van der Waals surface area contributed by atoms with Crippen molar-refractivity contribution in [2.45, 2.75) is 38.7 Å². The maximum absolute atomic E-state index is 13.2. The maximum atomic E-state index is 13.2. The van der Waals surface area contributed by atoms with E-state index >= 15 is 0 Å². The maximum Gasteiger partial charge on any atom is 0.225 e. The second-order valence-corrected chi connectivity index (χ2v) is 6.27. The molecule has 24 heavy (non-hydrogen) atoms. The Kier molecular flexibility index (Phi) is 9.26. The van der Waals surface area contributed by atoms with Gasteiger partial charge in [0, 0.05) is 25.6 Å². The molecule has 1 aromatic carbocycles. The number of ether oxygens (including phenoxy) is 1. The van der Waals surface area contributed by atoms with Gasteiger partial charge in [0.2, 0.25) is 5.91 Å². The third-order valence-electron chi connectivity index (χ3n) is 4.31. The Hall–Kier alpha value is -1.17. The van der Waals surface area contributed by atoms with Crippen LogP contribution in [0.2, 0.25) is 0 Å². The van der Waals surface area contributed by atoms with Crippen molar-refractivity contribution in [3.63, 3.8) is 0 Å². The van der Waals surface area contributed by atoms with Gasteiger partial charge >= 0.3 is 0 Å². The molecule has 0 radical (unpaired) electrons. The number of rotatable bonds is 7. The average Bonchev–Trinajstić information content (AvgIpc) is 2.55. The van der Waals surface area contributed by atoms with Crippen LogP contribution in [0.1, 0.15) is 31.7 Å². The van der Waals surface area contributed by atoms with Crippen molar-refractivity contribution >= 4 is 18.3 Å². The van der Waals surface area contributed by atoms with Crippen LogP contribution in [0, 0.1) is 11.7 Å². The lowest BCUT2D eigenvalue weighted by atomic mass is 9.98. The Balaban J connectivity index is 0.00000288. The lowest BCUT2D eigenvalue weighted by Crippen LogP contribution is -2.43. The van der Waals surface area contributed by atoms with Crippen LogP contribution in [0.4, 0.5) is 4.39 Å². The average molecular weight is 359 g/mol. The van der Waals surface area contributed by atoms with E-state index in [1.807, 2.05) is 17.9 Å². The molecule has 1 atom stereocenters. The van der Waals surface area contributed by atoms with Gasteiger partial charge in [-0.15, -0.1) is 12.4 Å². The summed E-state index contributed by atoms with van der Waals surface area (Å²) in [7, 11) is 0. The van der Waals surface area contributed by atoms with Crippen molar-refractivity contribution in [3.05, 3.63) is 35.6 Å². The highest BCUT2D eigenvalue weighted by atomic mass is 35.5. The smallest absolute Gasteiger partial charge is 0.225 e. The van der Waals surface area contributed by atoms with E-state index in [9.17, 15) is 9.18 Å². The molecule has 1 aliphatic heterocycles. The third kappa shape index (κ3) is 6.38. The van der Waals surface area contributed by atoms with E-state index in [0.717, 1.165) is 37.9 Å². The predicted molar refractivity (Wildman–Crippen MR) is 95.7 cm³/mol. The molecule has 1 heterocycles. The number of amides is 1. The molecule has 4 nitrogen and oxygen atoms in total. The van der Waals surface area contributed by atoms with Gasteiger partial charge in [0.25, 0.3) is 0 Å². The number of nitrogens with two attached hydrogens (primary N) is 1. The molecule has 0 bridgehead atoms. The highest BCUT2D eigenvalue weighted by molar-refractivity contribution is 5.85. The van der Waals surface area contributed by atoms with Gasteiger partial charge < -0.3 is 15.4 Å². The summed E-state index contributed by atoms with van der Waals surface area (Å²) in [5.74, 6) is -0.237. The highest BCUT2D eigenvalue weighted by Crippen LogP contribution is 2.18. The molecule has 0 aromatic heterocycles. The molecule has 0 aliphatic carbocycles. The Labute approximate surface area is 149 Å². The zero-order valence-electron chi connectivity index (χ0n) is 14.2. The number of hydrogen-bond donors (Lipinski definition) is 1. The zero-order valence-corrected chi connectivity index (χ0v) is 15.1. The van der Waals surface area contributed by atoms with E-state index in [0.29, 0.717) is 19.6 Å². The van der Waals surface area contributed by atoms with E-state index < -0.39 is 0 Å². The van der Waals surface area contributed by atoms with Gasteiger partial charge in [0.1, 0.15) is 5.82 Å². The molecular weight excluding hydrogens is 331 g/mol. The van der Waals surface area contributed by atoms with Gasteiger partial charge in [-0.3, -0.25) is 4.79 Å². The second-order valence-electron chi connectivity index (χ2n) is 6.27. The van der Waals surface area contributed by atoms with Crippen LogP contribution in [0.5, 0.6) is 0 Å². The summed E-state index contributed by atoms with van der Waals surface area (Å²) in [5, 5.41) is 0. The van der Waals surface area contributed by atoms with Gasteiger partial charge in [0.15, 0.2) is 0 Å². The van der Waals surface area contributed by atoms with Crippen molar-refractivity contribution in [3.8, 4) is 0 Å². The monoisotopic (exact) mass is 358 g/mol. The molecule has 2 rings (SSSR count). The molecule has 1 unspecified atom stereocenters. The standard InChI is InChI=1S/C18H27FN2O2.ClH/c1-14(12-15-4-2-5-16(19)13-15)18(22)21-9-6-17(7-10-21)23-11-3-8-20;/h2,4-5,13-14,17H,3,6-12,20H2,1H3;1H. The van der Waals surface area contributed by atoms with Crippen LogP contribution < -0.4 is 5.73 Å². The SMILES string of the molecule is CC(Cc1cccc(F)c1)C(=O)N1CCC(OCCCN)CC1.Cl. The van der Waals surface area contributed by atoms with Crippen LogP contribution in [-0.2, 0) is 16.0 Å². The lowest BCUT2D eigenvalue weighted by Gasteiger charge is -2.33. The molecular formula is C18H28ClFN2O2. The van der Waals surface area contributed by atoms with Gasteiger partial charge in [-0.1, -0.05) is 19.1 Å². The Morgan fingerprint density at radius 3 is 2.75 bits per heavy atom. The topological polar surface area (TPSA) is 55.6 Å². The Morgan fingerprint density at radius 1 is 1.42 bits per heavy atom. The molecule has 6 heteroatoms. The second kappa shape index (κ2) is 10.6. The largest absolute Gasteiger partial charge is 0.378 e. The van der Waals surface area contributed by atoms with Crippen molar-refractivity contribution in [2.75, 3.05) is 26.2 Å². The summed E-state index contributed by atoms with van der Waals surface area (Å²) in [4.78, 5) is 14.4. The lowest BCUT2D eigenvalue weighted by molar-refractivity contribution is -0.137. The van der Waals surface area contributed by atoms with Crippen LogP contribution in [0.15, 0.2) is 24.3 Å². The van der Waals surface area contributed by atoms with E-state index in [4.69, 9.17) is 10.5 Å².